The van der Waals surface area contributed by atoms with Crippen LogP contribution in [0.3, 0.4) is 0 Å². The van der Waals surface area contributed by atoms with E-state index in [0.29, 0.717) is 11.1 Å². The summed E-state index contributed by atoms with van der Waals surface area (Å²) in [6, 6.07) is 1.76. The van der Waals surface area contributed by atoms with E-state index in [1.54, 1.807) is 6.07 Å². The summed E-state index contributed by atoms with van der Waals surface area (Å²) < 4.78 is 23.6. The highest BCUT2D eigenvalue weighted by Gasteiger charge is 2.28. The monoisotopic (exact) mass is 305 g/mol. The van der Waals surface area contributed by atoms with Gasteiger partial charge in [-0.3, -0.25) is 0 Å². The fourth-order valence-corrected chi connectivity index (χ4v) is 3.67. The lowest BCUT2D eigenvalue weighted by Crippen LogP contribution is -2.47. The van der Waals surface area contributed by atoms with Gasteiger partial charge in [0.15, 0.2) is 9.84 Å². The second-order valence-electron chi connectivity index (χ2n) is 3.86. The number of hydrogen-bond donors (Lipinski definition) is 0. The highest BCUT2D eigenvalue weighted by atomic mass is 79.9. The molecule has 1 aromatic rings. The zero-order chi connectivity index (χ0) is 11.8. The molecule has 1 fully saturated rings. The first-order chi connectivity index (χ1) is 7.48. The molecule has 0 N–H and O–H groups in total. The predicted octanol–water partition coefficient (Wildman–Crippen LogP) is 0.862. The van der Waals surface area contributed by atoms with Crippen LogP contribution in [-0.4, -0.2) is 42.5 Å². The van der Waals surface area contributed by atoms with Gasteiger partial charge in [-0.25, -0.2) is 18.4 Å². The molecule has 0 saturated carbocycles. The number of halogens is 1. The fraction of sp³-hybridized carbons (Fsp3) is 0.556. The Morgan fingerprint density at radius 3 is 2.88 bits per heavy atom. The van der Waals surface area contributed by atoms with Crippen LogP contribution < -0.4 is 4.90 Å². The van der Waals surface area contributed by atoms with Crippen LogP contribution in [0.5, 0.6) is 0 Å². The smallest absolute Gasteiger partial charge is 0.154 e. The number of sulfone groups is 1. The average molecular weight is 306 g/mol. The highest BCUT2D eigenvalue weighted by Crippen LogP contribution is 2.20. The zero-order valence-corrected chi connectivity index (χ0v) is 11.2. The largest absolute Gasteiger partial charge is 0.352 e. The standard InChI is InChI=1S/C9H12BrN3O2S/c1-7-5-16(14,15)3-2-13(7)9-4-8(10)11-6-12-9/h4,6-7H,2-3,5H2,1H3. The molecule has 16 heavy (non-hydrogen) atoms. The van der Waals surface area contributed by atoms with Gasteiger partial charge in [-0.15, -0.1) is 0 Å². The van der Waals surface area contributed by atoms with Crippen LogP contribution in [-0.2, 0) is 9.84 Å². The molecule has 1 aliphatic rings. The Balaban J connectivity index is 2.24. The van der Waals surface area contributed by atoms with Crippen molar-refractivity contribution >= 4 is 31.6 Å². The topological polar surface area (TPSA) is 63.2 Å². The Bertz CT molecular complexity index is 491. The van der Waals surface area contributed by atoms with E-state index >= 15 is 0 Å². The van der Waals surface area contributed by atoms with Crippen LogP contribution >= 0.6 is 15.9 Å². The Morgan fingerprint density at radius 1 is 1.50 bits per heavy atom. The minimum atomic E-state index is -2.88. The van der Waals surface area contributed by atoms with Crippen molar-refractivity contribution in [2.75, 3.05) is 23.0 Å². The molecule has 0 radical (unpaired) electrons. The molecule has 88 valence electrons. The van der Waals surface area contributed by atoms with Gasteiger partial charge in [-0.2, -0.15) is 0 Å². The Kier molecular flexibility index (Phi) is 3.16. The zero-order valence-electron chi connectivity index (χ0n) is 8.80. The molecule has 0 amide bonds. The van der Waals surface area contributed by atoms with Gasteiger partial charge in [0, 0.05) is 18.7 Å². The summed E-state index contributed by atoms with van der Waals surface area (Å²) in [5, 5.41) is 0. The molecule has 2 heterocycles. The SMILES string of the molecule is CC1CS(=O)(=O)CCN1c1cc(Br)ncn1. The maximum absolute atomic E-state index is 11.4. The summed E-state index contributed by atoms with van der Waals surface area (Å²) in [5.41, 5.74) is 0. The van der Waals surface area contributed by atoms with Gasteiger partial charge in [0.05, 0.1) is 11.5 Å². The molecule has 1 saturated heterocycles. The van der Waals surface area contributed by atoms with Crippen molar-refractivity contribution in [2.45, 2.75) is 13.0 Å². The normalized spacial score (nSPS) is 24.4. The van der Waals surface area contributed by atoms with Crippen molar-refractivity contribution in [2.24, 2.45) is 0 Å². The van der Waals surface area contributed by atoms with E-state index in [1.165, 1.54) is 6.33 Å². The lowest BCUT2D eigenvalue weighted by atomic mass is 10.3. The Hall–Kier alpha value is -0.690. The molecule has 0 spiro atoms. The first kappa shape index (κ1) is 11.8. The number of rotatable bonds is 1. The van der Waals surface area contributed by atoms with Crippen molar-refractivity contribution in [1.82, 2.24) is 9.97 Å². The van der Waals surface area contributed by atoms with Gasteiger partial charge < -0.3 is 4.90 Å². The van der Waals surface area contributed by atoms with Gasteiger partial charge in [0.1, 0.15) is 16.7 Å². The van der Waals surface area contributed by atoms with E-state index in [9.17, 15) is 8.42 Å². The van der Waals surface area contributed by atoms with Crippen molar-refractivity contribution < 1.29 is 8.42 Å². The summed E-state index contributed by atoms with van der Waals surface area (Å²) in [6.45, 7) is 2.39. The fourth-order valence-electron chi connectivity index (χ4n) is 1.82. The molecule has 0 aliphatic carbocycles. The van der Waals surface area contributed by atoms with Crippen LogP contribution in [0.2, 0.25) is 0 Å². The van der Waals surface area contributed by atoms with E-state index in [-0.39, 0.29) is 17.5 Å². The summed E-state index contributed by atoms with van der Waals surface area (Å²) in [5.74, 6) is 1.15. The van der Waals surface area contributed by atoms with E-state index in [1.807, 2.05) is 11.8 Å². The molecule has 7 heteroatoms. The van der Waals surface area contributed by atoms with Crippen LogP contribution in [0, 0.1) is 0 Å². The molecule has 1 unspecified atom stereocenters. The third-order valence-electron chi connectivity index (χ3n) is 2.58. The van der Waals surface area contributed by atoms with Crippen LogP contribution in [0.4, 0.5) is 5.82 Å². The molecule has 1 aromatic heterocycles. The summed E-state index contributed by atoms with van der Waals surface area (Å²) >= 11 is 3.28. The number of hydrogen-bond acceptors (Lipinski definition) is 5. The molecular formula is C9H12BrN3O2S. The molecule has 0 aromatic carbocycles. The lowest BCUT2D eigenvalue weighted by Gasteiger charge is -2.33. The van der Waals surface area contributed by atoms with Gasteiger partial charge in [-0.1, -0.05) is 0 Å². The maximum Gasteiger partial charge on any atom is 0.154 e. The maximum atomic E-state index is 11.4. The van der Waals surface area contributed by atoms with E-state index in [0.717, 1.165) is 5.82 Å². The van der Waals surface area contributed by atoms with Crippen molar-refractivity contribution in [3.8, 4) is 0 Å². The Labute approximate surface area is 103 Å². The second kappa shape index (κ2) is 4.29. The third kappa shape index (κ3) is 2.52. The number of aromatic nitrogens is 2. The van der Waals surface area contributed by atoms with Crippen molar-refractivity contribution in [3.63, 3.8) is 0 Å². The first-order valence-electron chi connectivity index (χ1n) is 4.92. The van der Waals surface area contributed by atoms with Crippen molar-refractivity contribution in [3.05, 3.63) is 17.0 Å². The van der Waals surface area contributed by atoms with Gasteiger partial charge >= 0.3 is 0 Å². The van der Waals surface area contributed by atoms with Crippen LogP contribution in [0.1, 0.15) is 6.92 Å². The van der Waals surface area contributed by atoms with Gasteiger partial charge in [0.2, 0.25) is 0 Å². The van der Waals surface area contributed by atoms with Crippen molar-refractivity contribution in [1.29, 1.82) is 0 Å². The first-order valence-corrected chi connectivity index (χ1v) is 7.54. The third-order valence-corrected chi connectivity index (χ3v) is 4.81. The Morgan fingerprint density at radius 2 is 2.25 bits per heavy atom. The van der Waals surface area contributed by atoms with E-state index < -0.39 is 9.84 Å². The molecule has 1 atom stereocenters. The predicted molar refractivity (Wildman–Crippen MR) is 65.2 cm³/mol. The van der Waals surface area contributed by atoms with Crippen LogP contribution in [0.25, 0.3) is 0 Å². The molecular weight excluding hydrogens is 294 g/mol. The van der Waals surface area contributed by atoms with E-state index in [2.05, 4.69) is 25.9 Å². The van der Waals surface area contributed by atoms with Gasteiger partial charge in [0.25, 0.3) is 0 Å². The summed E-state index contributed by atoms with van der Waals surface area (Å²) in [7, 11) is -2.88. The summed E-state index contributed by atoms with van der Waals surface area (Å²) in [4.78, 5) is 10.1. The summed E-state index contributed by atoms with van der Waals surface area (Å²) in [6.07, 6.45) is 1.47. The number of nitrogens with zero attached hydrogens (tertiary/aromatic N) is 3. The molecule has 2 rings (SSSR count). The number of anilines is 1. The van der Waals surface area contributed by atoms with Crippen LogP contribution in [0.15, 0.2) is 17.0 Å². The van der Waals surface area contributed by atoms with Gasteiger partial charge in [-0.05, 0) is 22.9 Å². The minimum absolute atomic E-state index is 0.0412. The molecule has 0 bridgehead atoms. The lowest BCUT2D eigenvalue weighted by molar-refractivity contribution is 0.566. The molecule has 5 nitrogen and oxygen atoms in total. The molecule has 1 aliphatic heterocycles. The average Bonchev–Trinajstić information content (AvgIpc) is 2.15. The quantitative estimate of drug-likeness (QED) is 0.720. The highest BCUT2D eigenvalue weighted by molar-refractivity contribution is 9.10. The second-order valence-corrected chi connectivity index (χ2v) is 6.90. The minimum Gasteiger partial charge on any atom is -0.352 e. The van der Waals surface area contributed by atoms with E-state index in [4.69, 9.17) is 0 Å².